The van der Waals surface area contributed by atoms with Gasteiger partial charge < -0.3 is 10.4 Å². The maximum atomic E-state index is 11.8. The Morgan fingerprint density at radius 1 is 1.59 bits per heavy atom. The highest BCUT2D eigenvalue weighted by molar-refractivity contribution is 5.98. The molecule has 0 fully saturated rings. The Labute approximate surface area is 98.4 Å². The van der Waals surface area contributed by atoms with Crippen LogP contribution in [0.1, 0.15) is 28.2 Å². The SMILES string of the molecule is C#CCC(NC(=O)c1c(C)n[nH]c1C)C(=O)O. The summed E-state index contributed by atoms with van der Waals surface area (Å²) in [5, 5.41) is 17.7. The number of hydrogen-bond donors (Lipinski definition) is 3. The number of rotatable bonds is 4. The third-order valence-corrected chi connectivity index (χ3v) is 2.28. The van der Waals surface area contributed by atoms with Gasteiger partial charge in [0.05, 0.1) is 11.3 Å². The molecular weight excluding hydrogens is 222 g/mol. The third kappa shape index (κ3) is 2.84. The Bertz CT molecular complexity index is 465. The van der Waals surface area contributed by atoms with Gasteiger partial charge in [0.15, 0.2) is 0 Å². The topological polar surface area (TPSA) is 95.1 Å². The molecule has 0 saturated carbocycles. The van der Waals surface area contributed by atoms with E-state index in [0.29, 0.717) is 17.0 Å². The van der Waals surface area contributed by atoms with Crippen molar-refractivity contribution in [2.24, 2.45) is 0 Å². The van der Waals surface area contributed by atoms with Crippen LogP contribution in [0.25, 0.3) is 0 Å². The van der Waals surface area contributed by atoms with Gasteiger partial charge >= 0.3 is 5.97 Å². The number of aromatic nitrogens is 2. The van der Waals surface area contributed by atoms with E-state index in [0.717, 1.165) is 0 Å². The smallest absolute Gasteiger partial charge is 0.327 e. The fraction of sp³-hybridized carbons (Fsp3) is 0.364. The van der Waals surface area contributed by atoms with E-state index in [1.54, 1.807) is 13.8 Å². The second-order valence-electron chi connectivity index (χ2n) is 3.58. The van der Waals surface area contributed by atoms with Crippen molar-refractivity contribution >= 4 is 11.9 Å². The van der Waals surface area contributed by atoms with Crippen LogP contribution in [0.2, 0.25) is 0 Å². The lowest BCUT2D eigenvalue weighted by atomic mass is 10.1. The molecular formula is C11H13N3O3. The molecule has 0 aliphatic heterocycles. The minimum atomic E-state index is -1.16. The summed E-state index contributed by atoms with van der Waals surface area (Å²) in [5.74, 6) is 0.563. The first kappa shape index (κ1) is 12.8. The van der Waals surface area contributed by atoms with Gasteiger partial charge in [0.1, 0.15) is 6.04 Å². The van der Waals surface area contributed by atoms with Crippen LogP contribution in [0.15, 0.2) is 0 Å². The van der Waals surface area contributed by atoms with Gasteiger partial charge in [-0.15, -0.1) is 12.3 Å². The molecule has 90 valence electrons. The monoisotopic (exact) mass is 235 g/mol. The molecule has 1 heterocycles. The van der Waals surface area contributed by atoms with E-state index in [1.807, 2.05) is 0 Å². The first-order valence-corrected chi connectivity index (χ1v) is 4.96. The lowest BCUT2D eigenvalue weighted by Gasteiger charge is -2.11. The highest BCUT2D eigenvalue weighted by Gasteiger charge is 2.22. The average molecular weight is 235 g/mol. The third-order valence-electron chi connectivity index (χ3n) is 2.28. The minimum Gasteiger partial charge on any atom is -0.480 e. The van der Waals surface area contributed by atoms with Crippen LogP contribution >= 0.6 is 0 Å². The van der Waals surface area contributed by atoms with Crippen LogP contribution in [0.3, 0.4) is 0 Å². The van der Waals surface area contributed by atoms with Gasteiger partial charge in [0, 0.05) is 12.1 Å². The van der Waals surface area contributed by atoms with Crippen molar-refractivity contribution in [3.63, 3.8) is 0 Å². The molecule has 0 bridgehead atoms. The van der Waals surface area contributed by atoms with E-state index in [1.165, 1.54) is 0 Å². The lowest BCUT2D eigenvalue weighted by molar-refractivity contribution is -0.139. The molecule has 1 aromatic heterocycles. The average Bonchev–Trinajstić information content (AvgIpc) is 2.57. The molecule has 1 amide bonds. The summed E-state index contributed by atoms with van der Waals surface area (Å²) in [6.07, 6.45) is 4.98. The summed E-state index contributed by atoms with van der Waals surface area (Å²) < 4.78 is 0. The molecule has 0 aliphatic carbocycles. The molecule has 0 saturated heterocycles. The van der Waals surface area contributed by atoms with Crippen molar-refractivity contribution in [3.8, 4) is 12.3 Å². The van der Waals surface area contributed by atoms with Crippen molar-refractivity contribution in [2.75, 3.05) is 0 Å². The molecule has 17 heavy (non-hydrogen) atoms. The van der Waals surface area contributed by atoms with E-state index in [4.69, 9.17) is 11.5 Å². The zero-order valence-electron chi connectivity index (χ0n) is 9.57. The first-order chi connectivity index (χ1) is 7.97. The summed E-state index contributed by atoms with van der Waals surface area (Å²) in [6.45, 7) is 3.35. The first-order valence-electron chi connectivity index (χ1n) is 4.96. The number of nitrogens with one attached hydrogen (secondary N) is 2. The van der Waals surface area contributed by atoms with Gasteiger partial charge in [-0.3, -0.25) is 9.89 Å². The van der Waals surface area contributed by atoms with Crippen LogP contribution in [-0.4, -0.2) is 33.2 Å². The number of carboxylic acid groups (broad SMARTS) is 1. The summed E-state index contributed by atoms with van der Waals surface area (Å²) in [5.41, 5.74) is 1.46. The maximum absolute atomic E-state index is 11.8. The molecule has 1 aromatic rings. The van der Waals surface area contributed by atoms with Crippen molar-refractivity contribution < 1.29 is 14.7 Å². The highest BCUT2D eigenvalue weighted by Crippen LogP contribution is 2.09. The van der Waals surface area contributed by atoms with Gasteiger partial charge in [-0.1, -0.05) is 0 Å². The zero-order valence-corrected chi connectivity index (χ0v) is 9.57. The van der Waals surface area contributed by atoms with Gasteiger partial charge in [-0.25, -0.2) is 4.79 Å². The van der Waals surface area contributed by atoms with Crippen molar-refractivity contribution in [3.05, 3.63) is 17.0 Å². The Hall–Kier alpha value is -2.29. The number of hydrogen-bond acceptors (Lipinski definition) is 3. The highest BCUT2D eigenvalue weighted by atomic mass is 16.4. The molecule has 1 rings (SSSR count). The molecule has 1 unspecified atom stereocenters. The van der Waals surface area contributed by atoms with Crippen LogP contribution in [-0.2, 0) is 4.79 Å². The minimum absolute atomic E-state index is 0.0585. The Balaban J connectivity index is 2.85. The molecule has 0 spiro atoms. The van der Waals surface area contributed by atoms with Gasteiger partial charge in [0.2, 0.25) is 0 Å². The Kier molecular flexibility index (Phi) is 3.88. The predicted molar refractivity (Wildman–Crippen MR) is 60.4 cm³/mol. The summed E-state index contributed by atoms with van der Waals surface area (Å²) in [6, 6.07) is -1.08. The summed E-state index contributed by atoms with van der Waals surface area (Å²) >= 11 is 0. The van der Waals surface area contributed by atoms with Crippen LogP contribution in [0.5, 0.6) is 0 Å². The van der Waals surface area contributed by atoms with E-state index in [-0.39, 0.29) is 6.42 Å². The van der Waals surface area contributed by atoms with Crippen LogP contribution in [0, 0.1) is 26.2 Å². The Morgan fingerprint density at radius 3 is 2.65 bits per heavy atom. The lowest BCUT2D eigenvalue weighted by Crippen LogP contribution is -2.40. The number of H-pyrrole nitrogens is 1. The number of nitrogens with zero attached hydrogens (tertiary/aromatic N) is 1. The fourth-order valence-electron chi connectivity index (χ4n) is 1.43. The molecule has 6 heteroatoms. The summed E-state index contributed by atoms with van der Waals surface area (Å²) in [4.78, 5) is 22.7. The van der Waals surface area contributed by atoms with E-state index in [9.17, 15) is 9.59 Å². The number of terminal acetylenes is 1. The van der Waals surface area contributed by atoms with Crippen LogP contribution in [0.4, 0.5) is 0 Å². The van der Waals surface area contributed by atoms with Crippen LogP contribution < -0.4 is 5.32 Å². The number of carboxylic acids is 1. The predicted octanol–water partition coefficient (Wildman–Crippen LogP) is 0.233. The second-order valence-corrected chi connectivity index (χ2v) is 3.58. The van der Waals surface area contributed by atoms with Gasteiger partial charge in [-0.2, -0.15) is 5.10 Å². The molecule has 0 radical (unpaired) electrons. The number of aromatic amines is 1. The van der Waals surface area contributed by atoms with Crippen molar-refractivity contribution in [1.29, 1.82) is 0 Å². The van der Waals surface area contributed by atoms with Gasteiger partial charge in [-0.05, 0) is 13.8 Å². The zero-order chi connectivity index (χ0) is 13.0. The Morgan fingerprint density at radius 2 is 2.24 bits per heavy atom. The van der Waals surface area contributed by atoms with Crippen molar-refractivity contribution in [2.45, 2.75) is 26.3 Å². The quantitative estimate of drug-likeness (QED) is 0.651. The molecule has 1 atom stereocenters. The van der Waals surface area contributed by atoms with Gasteiger partial charge in [0.25, 0.3) is 5.91 Å². The molecule has 6 nitrogen and oxygen atoms in total. The number of aliphatic carboxylic acids is 1. The maximum Gasteiger partial charge on any atom is 0.327 e. The van der Waals surface area contributed by atoms with E-state index in [2.05, 4.69) is 21.4 Å². The van der Waals surface area contributed by atoms with E-state index >= 15 is 0 Å². The molecule has 3 N–H and O–H groups in total. The van der Waals surface area contributed by atoms with Crippen molar-refractivity contribution in [1.82, 2.24) is 15.5 Å². The number of carbonyl (C=O) groups is 2. The molecule has 0 aliphatic rings. The standard InChI is InChI=1S/C11H13N3O3/c1-4-5-8(11(16)17)12-10(15)9-6(2)13-14-7(9)3/h1,8H,5H2,2-3H3,(H,12,15)(H,13,14)(H,16,17). The number of amides is 1. The summed E-state index contributed by atoms with van der Waals surface area (Å²) in [7, 11) is 0. The fourth-order valence-corrected chi connectivity index (χ4v) is 1.43. The molecule has 0 aromatic carbocycles. The number of carbonyl (C=O) groups excluding carboxylic acids is 1. The van der Waals surface area contributed by atoms with E-state index < -0.39 is 17.9 Å². The number of aryl methyl sites for hydroxylation is 2. The largest absolute Gasteiger partial charge is 0.480 e. The normalized spacial score (nSPS) is 11.6. The second kappa shape index (κ2) is 5.16.